The number of rotatable bonds is 1. The van der Waals surface area contributed by atoms with Gasteiger partial charge in [-0.15, -0.1) is 0 Å². The fraction of sp³-hybridized carbons (Fsp3) is 0.211. The van der Waals surface area contributed by atoms with Crippen LogP contribution in [0.1, 0.15) is 39.9 Å². The second-order valence-electron chi connectivity index (χ2n) is 6.61. The lowest BCUT2D eigenvalue weighted by Gasteiger charge is -2.15. The molecular formula is C19H19N5O2. The standard InChI is InChI=1S/C19H19N5O2/c1-8-5-6-13(25)10(3)16(8)24-17(20)15-14-12(7-9(2)21-19(15)26)22-11(4)23-18(14)24/h5-7,25H,20H2,1-4H3,(H,21,26). The Morgan fingerprint density at radius 2 is 1.88 bits per heavy atom. The lowest BCUT2D eigenvalue weighted by molar-refractivity contribution is 0.0969. The first-order chi connectivity index (χ1) is 12.3. The predicted molar refractivity (Wildman–Crippen MR) is 100 cm³/mol. The van der Waals surface area contributed by atoms with Crippen molar-refractivity contribution in [2.24, 2.45) is 0 Å². The van der Waals surface area contributed by atoms with Gasteiger partial charge in [-0.2, -0.15) is 0 Å². The van der Waals surface area contributed by atoms with E-state index in [1.807, 2.05) is 26.0 Å². The molecule has 0 radical (unpaired) electrons. The quantitative estimate of drug-likeness (QED) is 0.626. The number of amides is 1. The molecule has 26 heavy (non-hydrogen) atoms. The fourth-order valence-corrected chi connectivity index (χ4v) is 3.55. The Bertz CT molecular complexity index is 1140. The molecule has 0 fully saturated rings. The van der Waals surface area contributed by atoms with Crippen LogP contribution in [-0.4, -0.2) is 25.5 Å². The maximum absolute atomic E-state index is 12.7. The van der Waals surface area contributed by atoms with E-state index in [0.29, 0.717) is 39.4 Å². The van der Waals surface area contributed by atoms with Crippen LogP contribution in [-0.2, 0) is 0 Å². The summed E-state index contributed by atoms with van der Waals surface area (Å²) in [7, 11) is 0. The van der Waals surface area contributed by atoms with Gasteiger partial charge >= 0.3 is 0 Å². The molecule has 1 amide bonds. The number of nitrogen functional groups attached to an aromatic ring is 1. The van der Waals surface area contributed by atoms with Crippen LogP contribution in [0, 0.1) is 20.8 Å². The fourth-order valence-electron chi connectivity index (χ4n) is 3.55. The van der Waals surface area contributed by atoms with E-state index in [-0.39, 0.29) is 17.5 Å². The molecule has 132 valence electrons. The zero-order valence-corrected chi connectivity index (χ0v) is 15.0. The molecule has 4 rings (SSSR count). The summed E-state index contributed by atoms with van der Waals surface area (Å²) >= 11 is 0. The summed E-state index contributed by atoms with van der Waals surface area (Å²) in [6.45, 7) is 7.35. The van der Waals surface area contributed by atoms with Crippen LogP contribution in [0.15, 0.2) is 17.8 Å². The summed E-state index contributed by atoms with van der Waals surface area (Å²) in [6.07, 6.45) is 1.82. The zero-order chi connectivity index (χ0) is 18.7. The Morgan fingerprint density at radius 3 is 2.62 bits per heavy atom. The minimum absolute atomic E-state index is 0.159. The molecule has 0 saturated heterocycles. The third kappa shape index (κ3) is 2.10. The van der Waals surface area contributed by atoms with Crippen molar-refractivity contribution in [3.05, 3.63) is 46.0 Å². The van der Waals surface area contributed by atoms with Gasteiger partial charge in [-0.3, -0.25) is 9.36 Å². The number of allylic oxidation sites excluding steroid dienone is 1. The van der Waals surface area contributed by atoms with Gasteiger partial charge < -0.3 is 16.2 Å². The third-order valence-electron chi connectivity index (χ3n) is 4.71. The molecule has 0 spiro atoms. The minimum Gasteiger partial charge on any atom is -0.508 e. The van der Waals surface area contributed by atoms with Crippen LogP contribution in [0.5, 0.6) is 5.75 Å². The van der Waals surface area contributed by atoms with E-state index < -0.39 is 0 Å². The van der Waals surface area contributed by atoms with E-state index >= 15 is 0 Å². The number of anilines is 1. The SMILES string of the molecule is CC1=Cc2nc(C)nc3c2c(c(N)n3-c2c(C)ccc(O)c2C)C(=O)N1. The van der Waals surface area contributed by atoms with Gasteiger partial charge in [0.15, 0.2) is 5.65 Å². The normalized spacial score (nSPS) is 13.5. The number of carbonyl (C=O) groups is 1. The number of nitrogens with zero attached hydrogens (tertiary/aromatic N) is 3. The Kier molecular flexibility index (Phi) is 3.30. The van der Waals surface area contributed by atoms with Crippen molar-refractivity contribution >= 4 is 28.8 Å². The van der Waals surface area contributed by atoms with E-state index in [4.69, 9.17) is 5.73 Å². The summed E-state index contributed by atoms with van der Waals surface area (Å²) in [6, 6.07) is 3.46. The molecule has 4 N–H and O–H groups in total. The van der Waals surface area contributed by atoms with Crippen molar-refractivity contribution in [1.29, 1.82) is 0 Å². The zero-order valence-electron chi connectivity index (χ0n) is 15.0. The summed E-state index contributed by atoms with van der Waals surface area (Å²) in [4.78, 5) is 21.8. The number of benzene rings is 1. The summed E-state index contributed by atoms with van der Waals surface area (Å²) < 4.78 is 1.74. The summed E-state index contributed by atoms with van der Waals surface area (Å²) in [5.41, 5.74) is 11.0. The molecule has 3 heterocycles. The van der Waals surface area contributed by atoms with Gasteiger partial charge in [0.05, 0.1) is 22.3 Å². The molecule has 0 bridgehead atoms. The van der Waals surface area contributed by atoms with Gasteiger partial charge in [-0.05, 0) is 45.4 Å². The lowest BCUT2D eigenvalue weighted by atomic mass is 10.1. The molecule has 0 saturated carbocycles. The van der Waals surface area contributed by atoms with Gasteiger partial charge in [-0.1, -0.05) is 6.07 Å². The molecule has 2 aromatic heterocycles. The van der Waals surface area contributed by atoms with E-state index in [0.717, 1.165) is 11.3 Å². The van der Waals surface area contributed by atoms with Crippen LogP contribution < -0.4 is 11.1 Å². The number of phenols is 1. The minimum atomic E-state index is -0.290. The Hall–Kier alpha value is -3.35. The molecule has 7 nitrogen and oxygen atoms in total. The average molecular weight is 349 g/mol. The number of aromatic nitrogens is 3. The first-order valence-corrected chi connectivity index (χ1v) is 8.27. The largest absolute Gasteiger partial charge is 0.508 e. The van der Waals surface area contributed by atoms with E-state index in [1.165, 1.54) is 0 Å². The average Bonchev–Trinajstić information content (AvgIpc) is 2.76. The van der Waals surface area contributed by atoms with Crippen molar-refractivity contribution in [1.82, 2.24) is 19.9 Å². The van der Waals surface area contributed by atoms with Crippen molar-refractivity contribution < 1.29 is 9.90 Å². The van der Waals surface area contributed by atoms with Crippen LogP contribution in [0.25, 0.3) is 22.8 Å². The lowest BCUT2D eigenvalue weighted by Crippen LogP contribution is -2.21. The number of nitrogens with two attached hydrogens (primary N) is 1. The summed E-state index contributed by atoms with van der Waals surface area (Å²) in [5, 5.41) is 13.6. The highest BCUT2D eigenvalue weighted by atomic mass is 16.3. The molecule has 3 aromatic rings. The Labute approximate surface area is 150 Å². The number of aromatic hydroxyl groups is 1. The smallest absolute Gasteiger partial charge is 0.259 e. The topological polar surface area (TPSA) is 106 Å². The van der Waals surface area contributed by atoms with Crippen LogP contribution in [0.2, 0.25) is 0 Å². The predicted octanol–water partition coefficient (Wildman–Crippen LogP) is 2.74. The highest BCUT2D eigenvalue weighted by Gasteiger charge is 2.29. The van der Waals surface area contributed by atoms with Gasteiger partial charge in [-0.25, -0.2) is 9.97 Å². The van der Waals surface area contributed by atoms with Gasteiger partial charge in [0.1, 0.15) is 17.4 Å². The molecule has 0 unspecified atom stereocenters. The molecule has 1 aromatic carbocycles. The van der Waals surface area contributed by atoms with E-state index in [2.05, 4.69) is 15.3 Å². The van der Waals surface area contributed by atoms with Crippen LogP contribution in [0.3, 0.4) is 0 Å². The van der Waals surface area contributed by atoms with Gasteiger partial charge in [0, 0.05) is 11.3 Å². The highest BCUT2D eigenvalue weighted by molar-refractivity contribution is 6.15. The van der Waals surface area contributed by atoms with Crippen LogP contribution >= 0.6 is 0 Å². The third-order valence-corrected chi connectivity index (χ3v) is 4.71. The Balaban J connectivity index is 2.23. The number of phenolic OH excluding ortho intramolecular Hbond substituents is 1. The summed E-state index contributed by atoms with van der Waals surface area (Å²) in [5.74, 6) is 0.721. The van der Waals surface area contributed by atoms with E-state index in [9.17, 15) is 9.90 Å². The Morgan fingerprint density at radius 1 is 1.15 bits per heavy atom. The monoisotopic (exact) mass is 349 g/mol. The highest BCUT2D eigenvalue weighted by Crippen LogP contribution is 2.37. The van der Waals surface area contributed by atoms with Crippen molar-refractivity contribution in [3.8, 4) is 11.4 Å². The number of hydrogen-bond acceptors (Lipinski definition) is 5. The number of aryl methyl sites for hydroxylation is 2. The molecular weight excluding hydrogens is 330 g/mol. The van der Waals surface area contributed by atoms with Crippen molar-refractivity contribution in [3.63, 3.8) is 0 Å². The molecule has 0 aliphatic carbocycles. The van der Waals surface area contributed by atoms with E-state index in [1.54, 1.807) is 24.5 Å². The molecule has 0 atom stereocenters. The van der Waals surface area contributed by atoms with Crippen molar-refractivity contribution in [2.75, 3.05) is 5.73 Å². The molecule has 7 heteroatoms. The molecule has 1 aliphatic heterocycles. The van der Waals surface area contributed by atoms with Gasteiger partial charge in [0.25, 0.3) is 5.91 Å². The second-order valence-corrected chi connectivity index (χ2v) is 6.61. The number of nitrogens with one attached hydrogen (secondary N) is 1. The van der Waals surface area contributed by atoms with Crippen molar-refractivity contribution in [2.45, 2.75) is 27.7 Å². The number of carbonyl (C=O) groups excluding carboxylic acids is 1. The van der Waals surface area contributed by atoms with Gasteiger partial charge in [0.2, 0.25) is 0 Å². The first kappa shape index (κ1) is 16.1. The maximum atomic E-state index is 12.7. The number of hydrogen-bond donors (Lipinski definition) is 3. The first-order valence-electron chi connectivity index (χ1n) is 8.27. The maximum Gasteiger partial charge on any atom is 0.259 e. The van der Waals surface area contributed by atoms with Crippen LogP contribution in [0.4, 0.5) is 5.82 Å². The second kappa shape index (κ2) is 5.32. The molecule has 1 aliphatic rings.